The van der Waals surface area contributed by atoms with E-state index in [0.29, 0.717) is 12.2 Å². The summed E-state index contributed by atoms with van der Waals surface area (Å²) < 4.78 is 4.79. The normalized spacial score (nSPS) is 9.48. The van der Waals surface area contributed by atoms with E-state index in [-0.39, 0.29) is 31.4 Å². The highest BCUT2D eigenvalue weighted by molar-refractivity contribution is 5.95. The molecule has 0 aliphatic rings. The van der Waals surface area contributed by atoms with Crippen LogP contribution in [0.25, 0.3) is 0 Å². The highest BCUT2D eigenvalue weighted by Crippen LogP contribution is 2.09. The van der Waals surface area contributed by atoms with E-state index in [2.05, 4.69) is 17.2 Å². The number of amides is 1. The predicted molar refractivity (Wildman–Crippen MR) is 80.7 cm³/mol. The highest BCUT2D eigenvalue weighted by atomic mass is 16.5. The van der Waals surface area contributed by atoms with Crippen molar-refractivity contribution in [3.05, 3.63) is 34.9 Å². The summed E-state index contributed by atoms with van der Waals surface area (Å²) in [5, 5.41) is 2.69. The zero-order chi connectivity index (χ0) is 15.7. The zero-order valence-electron chi connectivity index (χ0n) is 12.4. The summed E-state index contributed by atoms with van der Waals surface area (Å²) in [7, 11) is 0. The molecule has 1 aromatic rings. The number of hydrogen-bond donors (Lipinski definition) is 2. The summed E-state index contributed by atoms with van der Waals surface area (Å²) in [6, 6.07) is 5.36. The molecule has 0 bridgehead atoms. The number of ether oxygens (including phenoxy) is 1. The average Bonchev–Trinajstić information content (AvgIpc) is 2.44. The number of rotatable bonds is 5. The van der Waals surface area contributed by atoms with Crippen molar-refractivity contribution in [2.24, 2.45) is 5.73 Å². The highest BCUT2D eigenvalue weighted by Gasteiger charge is 2.08. The molecule has 112 valence electrons. The van der Waals surface area contributed by atoms with Gasteiger partial charge < -0.3 is 15.8 Å². The van der Waals surface area contributed by atoms with Gasteiger partial charge in [0, 0.05) is 17.7 Å². The molecule has 0 fully saturated rings. The third-order valence-electron chi connectivity index (χ3n) is 2.59. The third-order valence-corrected chi connectivity index (χ3v) is 2.59. The molecular weight excluding hydrogens is 268 g/mol. The topological polar surface area (TPSA) is 81.4 Å². The summed E-state index contributed by atoms with van der Waals surface area (Å²) in [6.45, 7) is 4.49. The smallest absolute Gasteiger partial charge is 0.307 e. The van der Waals surface area contributed by atoms with Crippen LogP contribution in [0.5, 0.6) is 0 Å². The number of aryl methyl sites for hydroxylation is 1. The molecule has 0 aromatic heterocycles. The fraction of sp³-hybridized carbons (Fsp3) is 0.375. The lowest BCUT2D eigenvalue weighted by atomic mass is 10.1. The summed E-state index contributed by atoms with van der Waals surface area (Å²) in [5.41, 5.74) is 7.53. The summed E-state index contributed by atoms with van der Waals surface area (Å²) in [6.07, 6.45) is 0.158. The first kappa shape index (κ1) is 16.7. The van der Waals surface area contributed by atoms with Crippen molar-refractivity contribution in [3.63, 3.8) is 0 Å². The van der Waals surface area contributed by atoms with Gasteiger partial charge in [0.05, 0.1) is 19.6 Å². The van der Waals surface area contributed by atoms with Gasteiger partial charge in [0.15, 0.2) is 0 Å². The van der Waals surface area contributed by atoms with Crippen LogP contribution in [0.3, 0.4) is 0 Å². The number of esters is 1. The number of benzene rings is 1. The van der Waals surface area contributed by atoms with Crippen molar-refractivity contribution in [2.45, 2.75) is 20.3 Å². The van der Waals surface area contributed by atoms with Crippen LogP contribution in [-0.2, 0) is 9.53 Å². The molecule has 0 saturated carbocycles. The molecule has 1 aromatic carbocycles. The van der Waals surface area contributed by atoms with E-state index in [4.69, 9.17) is 10.5 Å². The van der Waals surface area contributed by atoms with Crippen molar-refractivity contribution in [3.8, 4) is 11.8 Å². The molecule has 0 radical (unpaired) electrons. The largest absolute Gasteiger partial charge is 0.466 e. The fourth-order valence-electron chi connectivity index (χ4n) is 1.75. The molecule has 3 N–H and O–H groups in total. The predicted octanol–water partition coefficient (Wildman–Crippen LogP) is 0.988. The van der Waals surface area contributed by atoms with E-state index in [1.807, 2.05) is 13.0 Å². The van der Waals surface area contributed by atoms with Gasteiger partial charge in [0.2, 0.25) is 0 Å². The second kappa shape index (κ2) is 8.77. The van der Waals surface area contributed by atoms with Crippen LogP contribution in [0.1, 0.15) is 34.8 Å². The minimum absolute atomic E-state index is 0.158. The molecular formula is C16H20N2O3. The van der Waals surface area contributed by atoms with Gasteiger partial charge >= 0.3 is 5.97 Å². The average molecular weight is 288 g/mol. The Morgan fingerprint density at radius 1 is 1.33 bits per heavy atom. The van der Waals surface area contributed by atoms with Gasteiger partial charge in [-0.05, 0) is 37.6 Å². The lowest BCUT2D eigenvalue weighted by Gasteiger charge is -2.06. The molecule has 0 aliphatic heterocycles. The first-order valence-electron chi connectivity index (χ1n) is 6.81. The summed E-state index contributed by atoms with van der Waals surface area (Å²) >= 11 is 0. The first-order chi connectivity index (χ1) is 10.1. The van der Waals surface area contributed by atoms with Crippen LogP contribution < -0.4 is 11.1 Å². The molecule has 0 heterocycles. The Labute approximate surface area is 124 Å². The molecule has 5 nitrogen and oxygen atoms in total. The Morgan fingerprint density at radius 2 is 2.10 bits per heavy atom. The minimum Gasteiger partial charge on any atom is -0.466 e. The maximum absolute atomic E-state index is 12.0. The lowest BCUT2D eigenvalue weighted by molar-refractivity contribution is -0.142. The quantitative estimate of drug-likeness (QED) is 0.625. The molecule has 0 saturated heterocycles. The standard InChI is InChI=1S/C16H20N2O3/c1-3-21-15(19)6-8-18-16(20)14-10-12(2)9-13(11-14)5-4-7-17/h9-11H,3,6-8,17H2,1-2H3,(H,18,20). The molecule has 1 amide bonds. The maximum atomic E-state index is 12.0. The lowest BCUT2D eigenvalue weighted by Crippen LogP contribution is -2.26. The number of carbonyl (C=O) groups excluding carboxylic acids is 2. The molecule has 0 atom stereocenters. The second-order valence-electron chi connectivity index (χ2n) is 4.40. The van der Waals surface area contributed by atoms with E-state index in [1.54, 1.807) is 19.1 Å². The minimum atomic E-state index is -0.323. The van der Waals surface area contributed by atoms with Crippen LogP contribution in [-0.4, -0.2) is 31.6 Å². The molecule has 5 heteroatoms. The van der Waals surface area contributed by atoms with Gasteiger partial charge in [-0.2, -0.15) is 0 Å². The molecule has 0 unspecified atom stereocenters. The Bertz CT molecular complexity index is 571. The zero-order valence-corrected chi connectivity index (χ0v) is 12.4. The molecule has 21 heavy (non-hydrogen) atoms. The number of hydrogen-bond acceptors (Lipinski definition) is 4. The first-order valence-corrected chi connectivity index (χ1v) is 6.81. The van der Waals surface area contributed by atoms with Gasteiger partial charge in [-0.15, -0.1) is 0 Å². The molecule has 1 rings (SSSR count). The van der Waals surface area contributed by atoms with Crippen molar-refractivity contribution < 1.29 is 14.3 Å². The fourth-order valence-corrected chi connectivity index (χ4v) is 1.75. The number of nitrogens with one attached hydrogen (secondary N) is 1. The summed E-state index contributed by atoms with van der Waals surface area (Å²) in [5.74, 6) is 5.10. The van der Waals surface area contributed by atoms with E-state index in [0.717, 1.165) is 11.1 Å². The maximum Gasteiger partial charge on any atom is 0.307 e. The van der Waals surface area contributed by atoms with Crippen molar-refractivity contribution in [1.82, 2.24) is 5.32 Å². The monoisotopic (exact) mass is 288 g/mol. The Balaban J connectivity index is 2.65. The van der Waals surface area contributed by atoms with Gasteiger partial charge in [0.1, 0.15) is 0 Å². The van der Waals surface area contributed by atoms with E-state index in [9.17, 15) is 9.59 Å². The van der Waals surface area contributed by atoms with Gasteiger partial charge in [-0.3, -0.25) is 9.59 Å². The van der Waals surface area contributed by atoms with E-state index < -0.39 is 0 Å². The van der Waals surface area contributed by atoms with Crippen LogP contribution in [0.4, 0.5) is 0 Å². The SMILES string of the molecule is CCOC(=O)CCNC(=O)c1cc(C)cc(C#CCN)c1. The van der Waals surface area contributed by atoms with Gasteiger partial charge in [0.25, 0.3) is 5.91 Å². The van der Waals surface area contributed by atoms with Gasteiger partial charge in [-0.25, -0.2) is 0 Å². The molecule has 0 spiro atoms. The number of nitrogens with two attached hydrogens (primary N) is 1. The van der Waals surface area contributed by atoms with Crippen LogP contribution in [0.15, 0.2) is 18.2 Å². The van der Waals surface area contributed by atoms with Crippen molar-refractivity contribution in [2.75, 3.05) is 19.7 Å². The Hall–Kier alpha value is -2.32. The van der Waals surface area contributed by atoms with Crippen LogP contribution >= 0.6 is 0 Å². The Kier molecular flexibility index (Phi) is 6.99. The summed E-state index contributed by atoms with van der Waals surface area (Å²) in [4.78, 5) is 23.2. The van der Waals surface area contributed by atoms with Crippen LogP contribution in [0.2, 0.25) is 0 Å². The van der Waals surface area contributed by atoms with E-state index in [1.165, 1.54) is 0 Å². The van der Waals surface area contributed by atoms with Crippen molar-refractivity contribution in [1.29, 1.82) is 0 Å². The number of carbonyl (C=O) groups is 2. The van der Waals surface area contributed by atoms with Gasteiger partial charge in [-0.1, -0.05) is 11.8 Å². The van der Waals surface area contributed by atoms with E-state index >= 15 is 0 Å². The molecule has 0 aliphatic carbocycles. The van der Waals surface area contributed by atoms with Crippen LogP contribution in [0, 0.1) is 18.8 Å². The third kappa shape index (κ3) is 6.11. The second-order valence-corrected chi connectivity index (χ2v) is 4.40. The van der Waals surface area contributed by atoms with Crippen molar-refractivity contribution >= 4 is 11.9 Å². The Morgan fingerprint density at radius 3 is 2.76 bits per heavy atom.